The summed E-state index contributed by atoms with van der Waals surface area (Å²) < 4.78 is 2.08. The van der Waals surface area contributed by atoms with E-state index in [4.69, 9.17) is 21.3 Å². The van der Waals surface area contributed by atoms with Crippen LogP contribution in [0.5, 0.6) is 0 Å². The van der Waals surface area contributed by atoms with Crippen LogP contribution in [0.4, 0.5) is 10.6 Å². The molecule has 0 unspecified atom stereocenters. The molecule has 0 atom stereocenters. The van der Waals surface area contributed by atoms with E-state index in [1.165, 1.54) is 0 Å². The highest BCUT2D eigenvalue weighted by atomic mass is 16.6. The predicted molar refractivity (Wildman–Crippen MR) is 119 cm³/mol. The van der Waals surface area contributed by atoms with Crippen LogP contribution in [0.2, 0.25) is 0 Å². The summed E-state index contributed by atoms with van der Waals surface area (Å²) in [6.07, 6.45) is 0.701. The first-order valence-electron chi connectivity index (χ1n) is 10.0. The number of hydrogen-bond acceptors (Lipinski definition) is 6. The Labute approximate surface area is 175 Å². The Balaban J connectivity index is 2.01. The Hall–Kier alpha value is -3.36. The third-order valence-corrected chi connectivity index (χ3v) is 4.82. The van der Waals surface area contributed by atoms with Gasteiger partial charge in [0, 0.05) is 24.5 Å². The number of rotatable bonds is 8. The third kappa shape index (κ3) is 4.45. The molecule has 0 aliphatic heterocycles. The van der Waals surface area contributed by atoms with Crippen molar-refractivity contribution in [1.82, 2.24) is 19.4 Å². The number of aromatic nitrogens is 3. The first kappa shape index (κ1) is 21.4. The van der Waals surface area contributed by atoms with Gasteiger partial charge in [-0.05, 0) is 40.2 Å². The summed E-state index contributed by atoms with van der Waals surface area (Å²) in [6.45, 7) is 8.98. The van der Waals surface area contributed by atoms with Crippen LogP contribution in [0.25, 0.3) is 21.9 Å². The fourth-order valence-electron chi connectivity index (χ4n) is 3.50. The maximum atomic E-state index is 11.7. The van der Waals surface area contributed by atoms with E-state index in [2.05, 4.69) is 14.7 Å². The molecule has 2 amide bonds. The molecule has 3 aromatic rings. The zero-order valence-corrected chi connectivity index (χ0v) is 17.9. The van der Waals surface area contributed by atoms with E-state index in [0.717, 1.165) is 22.1 Å². The molecule has 0 saturated carbocycles. The molecule has 9 heteroatoms. The maximum Gasteiger partial charge on any atom is 0.315 e. The van der Waals surface area contributed by atoms with Crippen molar-refractivity contribution in [3.63, 3.8) is 0 Å². The molecule has 160 valence electrons. The van der Waals surface area contributed by atoms with Crippen LogP contribution in [0.15, 0.2) is 29.4 Å². The first-order chi connectivity index (χ1) is 14.3. The number of pyridine rings is 1. The smallest absolute Gasteiger partial charge is 0.315 e. The molecule has 0 bridgehead atoms. The van der Waals surface area contributed by atoms with Crippen molar-refractivity contribution in [3.8, 4) is 0 Å². The lowest BCUT2D eigenvalue weighted by Gasteiger charge is -2.24. The van der Waals surface area contributed by atoms with Crippen LogP contribution in [-0.2, 0) is 18.0 Å². The summed E-state index contributed by atoms with van der Waals surface area (Å²) in [6, 6.07) is 7.44. The number of amides is 2. The Kier molecular flexibility index (Phi) is 6.39. The van der Waals surface area contributed by atoms with Gasteiger partial charge < -0.3 is 25.8 Å². The molecule has 0 spiro atoms. The summed E-state index contributed by atoms with van der Waals surface area (Å²) in [7, 11) is 0. The second kappa shape index (κ2) is 8.98. The van der Waals surface area contributed by atoms with E-state index < -0.39 is 6.03 Å². The summed E-state index contributed by atoms with van der Waals surface area (Å²) in [5.74, 6) is 1.08. The fourth-order valence-corrected chi connectivity index (χ4v) is 3.50. The number of hydrogen-bond donors (Lipinski definition) is 2. The van der Waals surface area contributed by atoms with Gasteiger partial charge in [-0.3, -0.25) is 0 Å². The van der Waals surface area contributed by atoms with E-state index in [9.17, 15) is 4.79 Å². The highest BCUT2D eigenvalue weighted by molar-refractivity contribution is 6.06. The molecule has 0 saturated heterocycles. The average molecular weight is 412 g/mol. The van der Waals surface area contributed by atoms with Crippen molar-refractivity contribution in [2.45, 2.75) is 53.3 Å². The van der Waals surface area contributed by atoms with Gasteiger partial charge in [-0.1, -0.05) is 23.4 Å². The van der Waals surface area contributed by atoms with Crippen LogP contribution >= 0.6 is 0 Å². The van der Waals surface area contributed by atoms with Crippen molar-refractivity contribution in [1.29, 1.82) is 0 Å². The largest absolute Gasteiger partial charge is 0.388 e. The molecule has 2 aromatic heterocycles. The predicted octanol–water partition coefficient (Wildman–Crippen LogP) is 3.26. The van der Waals surface area contributed by atoms with Gasteiger partial charge >= 0.3 is 6.03 Å². The molecule has 9 nitrogen and oxygen atoms in total. The zero-order chi connectivity index (χ0) is 21.8. The number of carbonyl (C=O) groups is 1. The van der Waals surface area contributed by atoms with Crippen LogP contribution < -0.4 is 11.5 Å². The lowest BCUT2D eigenvalue weighted by atomic mass is 10.2. The number of oxime groups is 1. The number of fused-ring (bicyclic) bond motifs is 3. The van der Waals surface area contributed by atoms with E-state index in [0.29, 0.717) is 36.7 Å². The molecule has 0 aliphatic rings. The normalized spacial score (nSPS) is 11.2. The lowest BCUT2D eigenvalue weighted by molar-refractivity contribution is 0.121. The van der Waals surface area contributed by atoms with Crippen molar-refractivity contribution in [2.75, 3.05) is 12.3 Å². The highest BCUT2D eigenvalue weighted by Crippen LogP contribution is 2.29. The third-order valence-electron chi connectivity index (χ3n) is 4.82. The summed E-state index contributed by atoms with van der Waals surface area (Å²) in [4.78, 5) is 28.0. The van der Waals surface area contributed by atoms with Crippen LogP contribution in [0.3, 0.4) is 0 Å². The monoisotopic (exact) mass is 411 g/mol. The Morgan fingerprint density at radius 3 is 2.67 bits per heavy atom. The van der Waals surface area contributed by atoms with E-state index >= 15 is 0 Å². The molecular formula is C21H29N7O2. The fraction of sp³-hybridized carbons (Fsp3) is 0.429. The summed E-state index contributed by atoms with van der Waals surface area (Å²) >= 11 is 0. The lowest BCUT2D eigenvalue weighted by Crippen LogP contribution is -2.41. The zero-order valence-electron chi connectivity index (χ0n) is 17.9. The number of nitrogens with two attached hydrogens (primary N) is 2. The topological polar surface area (TPSA) is 125 Å². The van der Waals surface area contributed by atoms with Crippen molar-refractivity contribution < 1.29 is 9.63 Å². The van der Waals surface area contributed by atoms with Gasteiger partial charge in [0.25, 0.3) is 0 Å². The van der Waals surface area contributed by atoms with Gasteiger partial charge in [-0.15, -0.1) is 0 Å². The molecule has 0 fully saturated rings. The first-order valence-corrected chi connectivity index (χ1v) is 10.0. The van der Waals surface area contributed by atoms with Gasteiger partial charge in [0.15, 0.2) is 18.2 Å². The van der Waals surface area contributed by atoms with E-state index in [-0.39, 0.29) is 12.6 Å². The molecule has 3 rings (SSSR count). The Morgan fingerprint density at radius 2 is 2.00 bits per heavy atom. The number of urea groups is 1. The Morgan fingerprint density at radius 1 is 1.27 bits per heavy atom. The van der Waals surface area contributed by atoms with E-state index in [1.54, 1.807) is 4.90 Å². The molecule has 0 radical (unpaired) electrons. The number of nitrogen functional groups attached to an aromatic ring is 1. The maximum absolute atomic E-state index is 11.7. The number of benzene rings is 1. The summed E-state index contributed by atoms with van der Waals surface area (Å²) in [5, 5.41) is 4.98. The van der Waals surface area contributed by atoms with Crippen LogP contribution in [0.1, 0.15) is 39.9 Å². The van der Waals surface area contributed by atoms with Gasteiger partial charge in [-0.2, -0.15) is 0 Å². The Bertz CT molecular complexity index is 1080. The number of aryl methyl sites for hydroxylation is 1. The van der Waals surface area contributed by atoms with Gasteiger partial charge in [0.2, 0.25) is 0 Å². The second-order valence-electron chi connectivity index (χ2n) is 7.68. The number of anilines is 1. The number of para-hydroxylation sites is 1. The van der Waals surface area contributed by atoms with Gasteiger partial charge in [0.05, 0.1) is 16.7 Å². The average Bonchev–Trinajstić information content (AvgIpc) is 3.04. The number of primary amides is 1. The SMILES string of the molecule is CC(C)=NOCc1nc2c(N)nc3ccccc3c2n1CCCN(C(N)=O)C(C)C. The minimum Gasteiger partial charge on any atom is -0.388 e. The van der Waals surface area contributed by atoms with Crippen molar-refractivity contribution in [2.24, 2.45) is 10.9 Å². The minimum absolute atomic E-state index is 0.0346. The number of imidazole rings is 1. The molecule has 1 aromatic carbocycles. The van der Waals surface area contributed by atoms with Gasteiger partial charge in [0.1, 0.15) is 5.52 Å². The minimum atomic E-state index is -0.421. The molecular weight excluding hydrogens is 382 g/mol. The van der Waals surface area contributed by atoms with Crippen molar-refractivity contribution in [3.05, 3.63) is 30.1 Å². The molecule has 0 aliphatic carbocycles. The van der Waals surface area contributed by atoms with Gasteiger partial charge in [-0.25, -0.2) is 14.8 Å². The van der Waals surface area contributed by atoms with Crippen molar-refractivity contribution >= 4 is 39.5 Å². The number of nitrogens with zero attached hydrogens (tertiary/aromatic N) is 5. The standard InChI is InChI=1S/C21H29N7O2/c1-13(2)26-30-12-17-25-18-19(15-8-5-6-9-16(15)24-20(18)22)28(17)11-7-10-27(14(3)4)21(23)29/h5-6,8-9,14H,7,10-12H2,1-4H3,(H2,22,24)(H2,23,29). The molecule has 30 heavy (non-hydrogen) atoms. The summed E-state index contributed by atoms with van der Waals surface area (Å²) in [5.41, 5.74) is 14.9. The second-order valence-corrected chi connectivity index (χ2v) is 7.68. The van der Waals surface area contributed by atoms with Crippen LogP contribution in [0, 0.1) is 0 Å². The van der Waals surface area contributed by atoms with Crippen LogP contribution in [-0.4, -0.2) is 43.8 Å². The molecule has 2 heterocycles. The quantitative estimate of drug-likeness (QED) is 0.435. The highest BCUT2D eigenvalue weighted by Gasteiger charge is 2.19. The molecule has 4 N–H and O–H groups in total. The number of carbonyl (C=O) groups excluding carboxylic acids is 1. The van der Waals surface area contributed by atoms with E-state index in [1.807, 2.05) is 52.0 Å².